The second-order valence-corrected chi connectivity index (χ2v) is 12.6. The van der Waals surface area contributed by atoms with E-state index in [4.69, 9.17) is 0 Å². The number of aliphatic hydroxyl groups is 1. The molecule has 0 aliphatic carbocycles. The lowest BCUT2D eigenvalue weighted by atomic mass is 9.98. The van der Waals surface area contributed by atoms with E-state index in [1.807, 2.05) is 51.0 Å². The van der Waals surface area contributed by atoms with Gasteiger partial charge in [-0.2, -0.15) is 0 Å². The van der Waals surface area contributed by atoms with Crippen LogP contribution in [0.1, 0.15) is 83.0 Å². The molecule has 1 unspecified atom stereocenters. The number of carbonyl (C=O) groups excluding carboxylic acids is 2. The van der Waals surface area contributed by atoms with Crippen LogP contribution in [0, 0.1) is 11.6 Å². The molecule has 2 atom stereocenters. The van der Waals surface area contributed by atoms with Gasteiger partial charge in [0.15, 0.2) is 0 Å². The molecule has 3 aromatic rings. The zero-order chi connectivity index (χ0) is 34.3. The highest BCUT2D eigenvalue weighted by Gasteiger charge is 2.25. The SMILES string of the molecule is CCCN(CCC)C(=O)c1cc(CCCN(C)C)cc(C(=O)NC(Cc2cc(F)cc(F)c2)[C@H](O)CNCc2cccc(CC)c2)c1. The van der Waals surface area contributed by atoms with E-state index in [2.05, 4.69) is 34.6 Å². The maximum absolute atomic E-state index is 14.1. The van der Waals surface area contributed by atoms with E-state index in [-0.39, 0.29) is 18.9 Å². The number of carbonyl (C=O) groups is 2. The average molecular weight is 651 g/mol. The Morgan fingerprint density at radius 3 is 2.11 bits per heavy atom. The number of amides is 2. The molecular weight excluding hydrogens is 598 g/mol. The largest absolute Gasteiger partial charge is 0.390 e. The van der Waals surface area contributed by atoms with Gasteiger partial charge in [0.2, 0.25) is 0 Å². The molecule has 47 heavy (non-hydrogen) atoms. The zero-order valence-electron chi connectivity index (χ0n) is 28.6. The van der Waals surface area contributed by atoms with E-state index in [1.54, 1.807) is 12.1 Å². The van der Waals surface area contributed by atoms with Crippen LogP contribution in [0.3, 0.4) is 0 Å². The Kier molecular flexibility index (Phi) is 15.5. The quantitative estimate of drug-likeness (QED) is 0.153. The predicted octanol–water partition coefficient (Wildman–Crippen LogP) is 5.78. The molecule has 3 aromatic carbocycles. The van der Waals surface area contributed by atoms with Crippen molar-refractivity contribution in [1.82, 2.24) is 20.4 Å². The molecule has 0 saturated heterocycles. The summed E-state index contributed by atoms with van der Waals surface area (Å²) in [7, 11) is 4.00. The Bertz CT molecular complexity index is 1420. The van der Waals surface area contributed by atoms with Gasteiger partial charge in [0, 0.05) is 43.4 Å². The van der Waals surface area contributed by atoms with Crippen LogP contribution in [0.4, 0.5) is 8.78 Å². The second kappa shape index (κ2) is 19.2. The number of rotatable bonds is 19. The van der Waals surface area contributed by atoms with E-state index < -0.39 is 29.7 Å². The van der Waals surface area contributed by atoms with Gasteiger partial charge in [0.1, 0.15) is 11.6 Å². The summed E-state index contributed by atoms with van der Waals surface area (Å²) < 4.78 is 28.2. The zero-order valence-corrected chi connectivity index (χ0v) is 28.6. The van der Waals surface area contributed by atoms with Crippen molar-refractivity contribution in [2.45, 2.75) is 78.0 Å². The van der Waals surface area contributed by atoms with Crippen molar-refractivity contribution >= 4 is 11.8 Å². The van der Waals surface area contributed by atoms with Gasteiger partial charge in [-0.05, 0) is 112 Å². The molecular formula is C38H52F2N4O3. The highest BCUT2D eigenvalue weighted by atomic mass is 19.1. The number of hydrogen-bond acceptors (Lipinski definition) is 5. The van der Waals surface area contributed by atoms with Crippen molar-refractivity contribution in [3.63, 3.8) is 0 Å². The maximum Gasteiger partial charge on any atom is 0.253 e. The Morgan fingerprint density at radius 1 is 0.809 bits per heavy atom. The summed E-state index contributed by atoms with van der Waals surface area (Å²) in [5.41, 5.74) is 4.20. The predicted molar refractivity (Wildman–Crippen MR) is 185 cm³/mol. The third-order valence-electron chi connectivity index (χ3n) is 8.09. The fourth-order valence-corrected chi connectivity index (χ4v) is 5.71. The minimum Gasteiger partial charge on any atom is -0.390 e. The van der Waals surface area contributed by atoms with E-state index in [1.165, 1.54) is 17.7 Å². The molecule has 0 spiro atoms. The molecule has 0 radical (unpaired) electrons. The van der Waals surface area contributed by atoms with E-state index in [0.29, 0.717) is 42.7 Å². The molecule has 3 N–H and O–H groups in total. The van der Waals surface area contributed by atoms with E-state index >= 15 is 0 Å². The molecule has 9 heteroatoms. The smallest absolute Gasteiger partial charge is 0.253 e. The van der Waals surface area contributed by atoms with Gasteiger partial charge >= 0.3 is 0 Å². The summed E-state index contributed by atoms with van der Waals surface area (Å²) in [6.45, 7) is 8.87. The fourth-order valence-electron chi connectivity index (χ4n) is 5.71. The number of aliphatic hydroxyl groups excluding tert-OH is 1. The first kappa shape index (κ1) is 37.8. The summed E-state index contributed by atoms with van der Waals surface area (Å²) in [5.74, 6) is -2.06. The Morgan fingerprint density at radius 2 is 1.47 bits per heavy atom. The van der Waals surface area contributed by atoms with Crippen molar-refractivity contribution in [3.05, 3.63) is 106 Å². The fraction of sp³-hybridized carbons (Fsp3) is 0.474. The van der Waals surface area contributed by atoms with Gasteiger partial charge in [-0.1, -0.05) is 45.0 Å². The molecule has 7 nitrogen and oxygen atoms in total. The highest BCUT2D eigenvalue weighted by Crippen LogP contribution is 2.18. The van der Waals surface area contributed by atoms with Crippen molar-refractivity contribution < 1.29 is 23.5 Å². The van der Waals surface area contributed by atoms with E-state index in [0.717, 1.165) is 49.4 Å². The number of aryl methyl sites for hydroxylation is 2. The molecule has 0 bridgehead atoms. The molecule has 0 aliphatic heterocycles. The molecule has 256 valence electrons. The molecule has 3 rings (SSSR count). The first-order valence-electron chi connectivity index (χ1n) is 16.8. The molecule has 0 heterocycles. The molecule has 2 amide bonds. The van der Waals surface area contributed by atoms with Crippen LogP contribution in [-0.4, -0.2) is 79.1 Å². The molecule has 0 saturated carbocycles. The lowest BCUT2D eigenvalue weighted by Crippen LogP contribution is -2.48. The van der Waals surface area contributed by atoms with Gasteiger partial charge < -0.3 is 25.5 Å². The number of halogens is 2. The average Bonchev–Trinajstić information content (AvgIpc) is 3.03. The van der Waals surface area contributed by atoms with Crippen molar-refractivity contribution in [2.75, 3.05) is 40.3 Å². The lowest BCUT2D eigenvalue weighted by molar-refractivity contribution is 0.0755. The van der Waals surface area contributed by atoms with Crippen molar-refractivity contribution in [3.8, 4) is 0 Å². The third-order valence-corrected chi connectivity index (χ3v) is 8.09. The maximum atomic E-state index is 14.1. The molecule has 0 aliphatic rings. The highest BCUT2D eigenvalue weighted by molar-refractivity contribution is 6.00. The summed E-state index contributed by atoms with van der Waals surface area (Å²) in [6, 6.07) is 15.7. The van der Waals surface area contributed by atoms with Gasteiger partial charge in [-0.15, -0.1) is 0 Å². The molecule has 0 aromatic heterocycles. The third kappa shape index (κ3) is 12.5. The summed E-state index contributed by atoms with van der Waals surface area (Å²) in [5, 5.41) is 17.5. The summed E-state index contributed by atoms with van der Waals surface area (Å²) in [6.07, 6.45) is 3.00. The Balaban J connectivity index is 1.88. The number of benzene rings is 3. The standard InChI is InChI=1S/C38H52F2N4O3/c1-6-14-44(15-7-2)38(47)32-19-28(13-10-16-43(4)5)18-31(23-32)37(46)42-35(22-30-20-33(39)24-34(40)21-30)36(45)26-41-25-29-12-9-11-27(8-3)17-29/h9,11-12,17-21,23-24,35-36,41,45H,6-8,10,13-16,22,25-26H2,1-5H3,(H,42,46)/t35?,36-/m1/s1. The first-order chi connectivity index (χ1) is 22.5. The summed E-state index contributed by atoms with van der Waals surface area (Å²) in [4.78, 5) is 31.4. The Labute approximate surface area is 279 Å². The normalized spacial score (nSPS) is 12.6. The van der Waals surface area contributed by atoms with Crippen molar-refractivity contribution in [2.24, 2.45) is 0 Å². The minimum atomic E-state index is -1.08. The van der Waals surface area contributed by atoms with Crippen molar-refractivity contribution in [1.29, 1.82) is 0 Å². The second-order valence-electron chi connectivity index (χ2n) is 12.6. The van der Waals surface area contributed by atoms with Gasteiger partial charge in [-0.25, -0.2) is 8.78 Å². The Hall–Kier alpha value is -3.66. The van der Waals surface area contributed by atoms with Crippen LogP contribution in [0.2, 0.25) is 0 Å². The topological polar surface area (TPSA) is 84.9 Å². The number of nitrogens with zero attached hydrogens (tertiary/aromatic N) is 2. The van der Waals surface area contributed by atoms with Gasteiger partial charge in [0.05, 0.1) is 12.1 Å². The van der Waals surface area contributed by atoms with Crippen LogP contribution in [0.5, 0.6) is 0 Å². The number of nitrogens with one attached hydrogen (secondary N) is 2. The van der Waals surface area contributed by atoms with Crippen LogP contribution < -0.4 is 10.6 Å². The first-order valence-corrected chi connectivity index (χ1v) is 16.8. The summed E-state index contributed by atoms with van der Waals surface area (Å²) >= 11 is 0. The van der Waals surface area contributed by atoms with Gasteiger partial charge in [0.25, 0.3) is 11.8 Å². The van der Waals surface area contributed by atoms with Crippen LogP contribution in [-0.2, 0) is 25.8 Å². The molecule has 0 fully saturated rings. The van der Waals surface area contributed by atoms with Gasteiger partial charge in [-0.3, -0.25) is 9.59 Å². The monoisotopic (exact) mass is 650 g/mol. The van der Waals surface area contributed by atoms with Crippen LogP contribution in [0.15, 0.2) is 60.7 Å². The minimum absolute atomic E-state index is 0.00365. The van der Waals surface area contributed by atoms with Crippen LogP contribution in [0.25, 0.3) is 0 Å². The van der Waals surface area contributed by atoms with E-state index in [9.17, 15) is 23.5 Å². The lowest BCUT2D eigenvalue weighted by Gasteiger charge is -2.26. The number of hydrogen-bond donors (Lipinski definition) is 3. The van der Waals surface area contributed by atoms with Crippen LogP contribution >= 0.6 is 0 Å².